The minimum Gasteiger partial charge on any atom is -0.337 e. The van der Waals surface area contributed by atoms with Gasteiger partial charge in [-0.1, -0.05) is 47.5 Å². The van der Waals surface area contributed by atoms with Gasteiger partial charge in [0.05, 0.1) is 11.4 Å². The Labute approximate surface area is 243 Å². The minimum absolute atomic E-state index is 0.0250. The second-order valence-corrected chi connectivity index (χ2v) is 13.0. The molecule has 206 valence electrons. The number of carbonyl (C=O) groups excluding carboxylic acids is 1. The van der Waals surface area contributed by atoms with E-state index in [1.54, 1.807) is 23.2 Å². The Hall–Kier alpha value is -3.17. The van der Waals surface area contributed by atoms with Crippen molar-refractivity contribution in [3.8, 4) is 0 Å². The van der Waals surface area contributed by atoms with Crippen molar-refractivity contribution in [2.45, 2.75) is 42.7 Å². The standard InChI is InChI=1S/C30H28Cl2N4O3S/c1-35-14-13-33-29(35)18-36(30(37)27-17-25(27)19-5-9-21(31)10-6-19)23-11-7-20-8-12-28(26(20)16-23)34-40(38,39)24-4-2-3-22(32)15-24/h2-7,9-11,13-16,25,27-28,34H,8,12,17-18H2,1H3/t25-,27-,28+/m1/s1. The molecular formula is C30H28Cl2N4O3S. The molecule has 6 rings (SSSR count). The van der Waals surface area contributed by atoms with E-state index >= 15 is 0 Å². The van der Waals surface area contributed by atoms with Crippen molar-refractivity contribution in [3.63, 3.8) is 0 Å². The molecule has 1 aromatic heterocycles. The number of halogens is 2. The third kappa shape index (κ3) is 5.41. The smallest absolute Gasteiger partial charge is 0.241 e. The maximum Gasteiger partial charge on any atom is 0.241 e. The second-order valence-electron chi connectivity index (χ2n) is 10.4. The van der Waals surface area contributed by atoms with Crippen LogP contribution in [0.15, 0.2) is 84.0 Å². The number of carbonyl (C=O) groups is 1. The number of hydrogen-bond acceptors (Lipinski definition) is 4. The highest BCUT2D eigenvalue weighted by atomic mass is 35.5. The van der Waals surface area contributed by atoms with Crippen molar-refractivity contribution in [2.75, 3.05) is 4.90 Å². The Morgan fingerprint density at radius 2 is 1.88 bits per heavy atom. The lowest BCUT2D eigenvalue weighted by Crippen LogP contribution is -2.33. The van der Waals surface area contributed by atoms with Crippen molar-refractivity contribution >= 4 is 44.8 Å². The minimum atomic E-state index is -3.79. The number of sulfonamides is 1. The molecule has 7 nitrogen and oxygen atoms in total. The van der Waals surface area contributed by atoms with Gasteiger partial charge in [-0.25, -0.2) is 18.1 Å². The third-order valence-corrected chi connectivity index (χ3v) is 9.77. The summed E-state index contributed by atoms with van der Waals surface area (Å²) in [5.74, 6) is 0.778. The summed E-state index contributed by atoms with van der Waals surface area (Å²) in [6.45, 7) is 0.309. The van der Waals surface area contributed by atoms with Crippen LogP contribution in [0.5, 0.6) is 0 Å². The monoisotopic (exact) mass is 594 g/mol. The number of nitrogens with zero attached hydrogens (tertiary/aromatic N) is 3. The molecule has 0 unspecified atom stereocenters. The highest BCUT2D eigenvalue weighted by molar-refractivity contribution is 7.89. The molecule has 10 heteroatoms. The first-order valence-electron chi connectivity index (χ1n) is 13.1. The summed E-state index contributed by atoms with van der Waals surface area (Å²) in [4.78, 5) is 20.3. The van der Waals surface area contributed by atoms with Gasteiger partial charge in [0.25, 0.3) is 0 Å². The number of anilines is 1. The van der Waals surface area contributed by atoms with Gasteiger partial charge in [-0.15, -0.1) is 0 Å². The SMILES string of the molecule is Cn1ccnc1CN(C(=O)[C@@H]1C[C@@H]1c1ccc(Cl)cc1)c1ccc2c(c1)[C@@H](NS(=O)(=O)c1cccc(Cl)c1)CC2. The van der Waals surface area contributed by atoms with E-state index < -0.39 is 16.1 Å². The van der Waals surface area contributed by atoms with Gasteiger partial charge in [-0.05, 0) is 84.3 Å². The van der Waals surface area contributed by atoms with Crippen LogP contribution in [-0.2, 0) is 34.8 Å². The fraction of sp³-hybridized carbons (Fsp3) is 0.267. The largest absolute Gasteiger partial charge is 0.337 e. The fourth-order valence-electron chi connectivity index (χ4n) is 5.50. The van der Waals surface area contributed by atoms with Crippen LogP contribution in [0.25, 0.3) is 0 Å². The Kier molecular flexibility index (Phi) is 7.21. The molecule has 0 spiro atoms. The Balaban J connectivity index is 1.29. The molecule has 1 N–H and O–H groups in total. The zero-order chi connectivity index (χ0) is 28.0. The predicted octanol–water partition coefficient (Wildman–Crippen LogP) is 6.03. The van der Waals surface area contributed by atoms with Crippen molar-refractivity contribution in [3.05, 3.63) is 112 Å². The zero-order valence-electron chi connectivity index (χ0n) is 21.8. The molecule has 40 heavy (non-hydrogen) atoms. The summed E-state index contributed by atoms with van der Waals surface area (Å²) in [5.41, 5.74) is 3.77. The van der Waals surface area contributed by atoms with Gasteiger partial charge in [-0.2, -0.15) is 0 Å². The number of imidazole rings is 1. The average molecular weight is 596 g/mol. The Morgan fingerprint density at radius 1 is 1.07 bits per heavy atom. The number of benzene rings is 3. The maximum atomic E-state index is 14.0. The number of rotatable bonds is 8. The Bertz CT molecular complexity index is 1690. The predicted molar refractivity (Wildman–Crippen MR) is 156 cm³/mol. The van der Waals surface area contributed by atoms with Crippen LogP contribution in [0.4, 0.5) is 5.69 Å². The summed E-state index contributed by atoms with van der Waals surface area (Å²) in [6.07, 6.45) is 5.72. The third-order valence-electron chi connectivity index (χ3n) is 7.82. The number of fused-ring (bicyclic) bond motifs is 1. The molecule has 1 saturated carbocycles. The molecule has 3 atom stereocenters. The van der Waals surface area contributed by atoms with E-state index in [1.165, 1.54) is 12.1 Å². The summed E-state index contributed by atoms with van der Waals surface area (Å²) in [7, 11) is -1.88. The van der Waals surface area contributed by atoms with Crippen molar-refractivity contribution in [1.29, 1.82) is 0 Å². The molecule has 2 aliphatic carbocycles. The van der Waals surface area contributed by atoms with Gasteiger partial charge in [0.15, 0.2) is 0 Å². The normalized spacial score (nSPS) is 19.8. The molecule has 1 amide bonds. The summed E-state index contributed by atoms with van der Waals surface area (Å²) < 4.78 is 31.1. The molecule has 0 saturated heterocycles. The van der Waals surface area contributed by atoms with E-state index in [0.717, 1.165) is 41.0 Å². The first-order valence-corrected chi connectivity index (χ1v) is 15.4. The molecule has 0 radical (unpaired) electrons. The van der Waals surface area contributed by atoms with Crippen molar-refractivity contribution in [2.24, 2.45) is 13.0 Å². The highest BCUT2D eigenvalue weighted by Gasteiger charge is 2.46. The molecule has 1 heterocycles. The lowest BCUT2D eigenvalue weighted by atomic mass is 10.1. The summed E-state index contributed by atoms with van der Waals surface area (Å²) >= 11 is 12.1. The van der Waals surface area contributed by atoms with E-state index in [0.29, 0.717) is 23.0 Å². The highest BCUT2D eigenvalue weighted by Crippen LogP contribution is 2.49. The van der Waals surface area contributed by atoms with Crippen molar-refractivity contribution < 1.29 is 13.2 Å². The number of nitrogens with one attached hydrogen (secondary N) is 1. The molecule has 3 aromatic carbocycles. The van der Waals surface area contributed by atoms with E-state index in [4.69, 9.17) is 23.2 Å². The molecule has 2 aliphatic rings. The average Bonchev–Trinajstić information content (AvgIpc) is 3.49. The van der Waals surface area contributed by atoms with Crippen LogP contribution >= 0.6 is 23.2 Å². The number of aryl methyl sites for hydroxylation is 2. The van der Waals surface area contributed by atoms with Crippen LogP contribution in [0, 0.1) is 5.92 Å². The van der Waals surface area contributed by atoms with Gasteiger partial charge >= 0.3 is 0 Å². The second kappa shape index (κ2) is 10.7. The number of amides is 1. The fourth-order valence-corrected chi connectivity index (χ4v) is 7.18. The maximum absolute atomic E-state index is 14.0. The molecule has 0 aliphatic heterocycles. The zero-order valence-corrected chi connectivity index (χ0v) is 24.1. The van der Waals surface area contributed by atoms with Gasteiger partial charge < -0.3 is 9.47 Å². The lowest BCUT2D eigenvalue weighted by Gasteiger charge is -2.25. The van der Waals surface area contributed by atoms with Gasteiger partial charge in [0.1, 0.15) is 5.82 Å². The molecule has 1 fully saturated rings. The first kappa shape index (κ1) is 27.0. The first-order chi connectivity index (χ1) is 19.2. The number of aromatic nitrogens is 2. The quantitative estimate of drug-likeness (QED) is 0.270. The van der Waals surface area contributed by atoms with E-state index in [2.05, 4.69) is 9.71 Å². The molecular weight excluding hydrogens is 567 g/mol. The lowest BCUT2D eigenvalue weighted by molar-refractivity contribution is -0.120. The van der Waals surface area contributed by atoms with Crippen LogP contribution in [0.3, 0.4) is 0 Å². The van der Waals surface area contributed by atoms with E-state index in [1.807, 2.05) is 60.3 Å². The molecule has 0 bridgehead atoms. The van der Waals surface area contributed by atoms with E-state index in [-0.39, 0.29) is 22.6 Å². The van der Waals surface area contributed by atoms with Crippen LogP contribution in [0.1, 0.15) is 47.3 Å². The molecule has 4 aromatic rings. The van der Waals surface area contributed by atoms with Crippen LogP contribution in [0.2, 0.25) is 10.0 Å². The van der Waals surface area contributed by atoms with Crippen LogP contribution in [-0.4, -0.2) is 23.9 Å². The number of hydrogen-bond donors (Lipinski definition) is 1. The Morgan fingerprint density at radius 3 is 2.60 bits per heavy atom. The van der Waals surface area contributed by atoms with Crippen molar-refractivity contribution in [1.82, 2.24) is 14.3 Å². The summed E-state index contributed by atoms with van der Waals surface area (Å²) in [6, 6.07) is 19.4. The van der Waals surface area contributed by atoms with Gasteiger partial charge in [-0.3, -0.25) is 4.79 Å². The van der Waals surface area contributed by atoms with Gasteiger partial charge in [0, 0.05) is 47.1 Å². The van der Waals surface area contributed by atoms with Gasteiger partial charge in [0.2, 0.25) is 15.9 Å². The topological polar surface area (TPSA) is 84.3 Å². The van der Waals surface area contributed by atoms with Crippen LogP contribution < -0.4 is 9.62 Å². The summed E-state index contributed by atoms with van der Waals surface area (Å²) in [5, 5.41) is 1.03. The van der Waals surface area contributed by atoms with E-state index in [9.17, 15) is 13.2 Å².